The molecule has 0 bridgehead atoms. The maximum Gasteiger partial charge on any atom is 0.317 e. The summed E-state index contributed by atoms with van der Waals surface area (Å²) in [6.07, 6.45) is 0.704. The van der Waals surface area contributed by atoms with Crippen LogP contribution in [-0.2, 0) is 6.42 Å². The molecule has 0 heterocycles. The van der Waals surface area contributed by atoms with Crippen LogP contribution in [0, 0.1) is 0 Å². The van der Waals surface area contributed by atoms with Crippen LogP contribution in [0.2, 0.25) is 5.02 Å². The summed E-state index contributed by atoms with van der Waals surface area (Å²) in [4.78, 5) is 14.1. The van der Waals surface area contributed by atoms with Gasteiger partial charge in [0.1, 0.15) is 0 Å². The summed E-state index contributed by atoms with van der Waals surface area (Å²) < 4.78 is 10.5. The molecule has 0 radical (unpaired) electrons. The summed E-state index contributed by atoms with van der Waals surface area (Å²) in [6, 6.07) is 13.1. The number of urea groups is 1. The standard InChI is InChI=1S/C20H25ClN2O3/c1-14(16-6-8-17(21)9-7-16)23(2)20(24)22-12-11-15-5-10-18(25-3)19(13-15)26-4/h5-10,13-14H,11-12H2,1-4H3,(H,22,24). The first-order valence-electron chi connectivity index (χ1n) is 8.43. The highest BCUT2D eigenvalue weighted by molar-refractivity contribution is 6.30. The third-order valence-corrected chi connectivity index (χ3v) is 4.64. The molecular formula is C20H25ClN2O3. The number of carbonyl (C=O) groups excluding carboxylic acids is 1. The van der Waals surface area contributed by atoms with Gasteiger partial charge in [0.05, 0.1) is 20.3 Å². The average Bonchev–Trinajstić information content (AvgIpc) is 2.67. The summed E-state index contributed by atoms with van der Waals surface area (Å²) in [6.45, 7) is 2.52. The van der Waals surface area contributed by atoms with Gasteiger partial charge in [0.2, 0.25) is 0 Å². The van der Waals surface area contributed by atoms with E-state index in [2.05, 4.69) is 5.32 Å². The fraction of sp³-hybridized carbons (Fsp3) is 0.350. The molecule has 26 heavy (non-hydrogen) atoms. The fourth-order valence-electron chi connectivity index (χ4n) is 2.62. The number of nitrogens with one attached hydrogen (secondary N) is 1. The molecule has 1 atom stereocenters. The van der Waals surface area contributed by atoms with Crippen molar-refractivity contribution in [1.82, 2.24) is 10.2 Å². The van der Waals surface area contributed by atoms with E-state index in [4.69, 9.17) is 21.1 Å². The van der Waals surface area contributed by atoms with Crippen molar-refractivity contribution < 1.29 is 14.3 Å². The first-order valence-corrected chi connectivity index (χ1v) is 8.81. The number of hydrogen-bond acceptors (Lipinski definition) is 3. The van der Waals surface area contributed by atoms with Crippen LogP contribution < -0.4 is 14.8 Å². The van der Waals surface area contributed by atoms with Crippen LogP contribution in [0.15, 0.2) is 42.5 Å². The quantitative estimate of drug-likeness (QED) is 0.783. The molecule has 2 rings (SSSR count). The molecule has 0 spiro atoms. The minimum absolute atomic E-state index is 0.0478. The van der Waals surface area contributed by atoms with Gasteiger partial charge >= 0.3 is 6.03 Å². The van der Waals surface area contributed by atoms with Gasteiger partial charge in [0.15, 0.2) is 11.5 Å². The third kappa shape index (κ3) is 5.05. The van der Waals surface area contributed by atoms with Crippen molar-refractivity contribution in [3.8, 4) is 11.5 Å². The van der Waals surface area contributed by atoms with Crippen LogP contribution in [0.25, 0.3) is 0 Å². The molecule has 2 amide bonds. The van der Waals surface area contributed by atoms with E-state index in [0.29, 0.717) is 29.5 Å². The third-order valence-electron chi connectivity index (χ3n) is 4.39. The number of halogens is 1. The van der Waals surface area contributed by atoms with Gasteiger partial charge in [0.25, 0.3) is 0 Å². The molecule has 0 fully saturated rings. The van der Waals surface area contributed by atoms with E-state index < -0.39 is 0 Å². The first-order chi connectivity index (χ1) is 12.5. The minimum atomic E-state index is -0.118. The van der Waals surface area contributed by atoms with E-state index in [9.17, 15) is 4.79 Å². The SMILES string of the molecule is COc1ccc(CCNC(=O)N(C)C(C)c2ccc(Cl)cc2)cc1OC. The molecular weight excluding hydrogens is 352 g/mol. The number of ether oxygens (including phenoxy) is 2. The van der Waals surface area contributed by atoms with E-state index >= 15 is 0 Å². The van der Waals surface area contributed by atoms with Gasteiger partial charge < -0.3 is 19.7 Å². The van der Waals surface area contributed by atoms with Gasteiger partial charge in [-0.3, -0.25) is 0 Å². The van der Waals surface area contributed by atoms with Gasteiger partial charge in [-0.25, -0.2) is 4.79 Å². The Morgan fingerprint density at radius 3 is 2.38 bits per heavy atom. The van der Waals surface area contributed by atoms with Crippen molar-refractivity contribution in [2.75, 3.05) is 27.8 Å². The molecule has 0 aliphatic rings. The molecule has 0 aliphatic carbocycles. The zero-order valence-corrected chi connectivity index (χ0v) is 16.3. The lowest BCUT2D eigenvalue weighted by atomic mass is 10.1. The van der Waals surface area contributed by atoms with Crippen molar-refractivity contribution in [2.45, 2.75) is 19.4 Å². The van der Waals surface area contributed by atoms with Gasteiger partial charge in [-0.15, -0.1) is 0 Å². The monoisotopic (exact) mass is 376 g/mol. The van der Waals surface area contributed by atoms with Crippen LogP contribution in [0.5, 0.6) is 11.5 Å². The average molecular weight is 377 g/mol. The minimum Gasteiger partial charge on any atom is -0.493 e. The summed E-state index contributed by atoms with van der Waals surface area (Å²) in [5, 5.41) is 3.63. The lowest BCUT2D eigenvalue weighted by molar-refractivity contribution is 0.194. The molecule has 0 saturated carbocycles. The molecule has 5 nitrogen and oxygen atoms in total. The number of methoxy groups -OCH3 is 2. The number of nitrogens with zero attached hydrogens (tertiary/aromatic N) is 1. The van der Waals surface area contributed by atoms with E-state index in [1.807, 2.05) is 49.4 Å². The van der Waals surface area contributed by atoms with Crippen molar-refractivity contribution in [3.05, 3.63) is 58.6 Å². The number of rotatable bonds is 7. The van der Waals surface area contributed by atoms with Crippen molar-refractivity contribution in [3.63, 3.8) is 0 Å². The van der Waals surface area contributed by atoms with Crippen LogP contribution in [0.4, 0.5) is 4.79 Å². The Bertz CT molecular complexity index is 734. The molecule has 0 aliphatic heterocycles. The summed E-state index contributed by atoms with van der Waals surface area (Å²) in [5.74, 6) is 1.38. The molecule has 2 aromatic rings. The Kier molecular flexibility index (Phi) is 7.16. The molecule has 140 valence electrons. The van der Waals surface area contributed by atoms with Gasteiger partial charge in [-0.2, -0.15) is 0 Å². The number of hydrogen-bond donors (Lipinski definition) is 1. The Hall–Kier alpha value is -2.40. The van der Waals surface area contributed by atoms with Crippen LogP contribution in [0.3, 0.4) is 0 Å². The predicted molar refractivity (Wildman–Crippen MR) is 104 cm³/mol. The zero-order valence-electron chi connectivity index (χ0n) is 15.6. The predicted octanol–water partition coefficient (Wildman–Crippen LogP) is 4.30. The normalized spacial score (nSPS) is 11.6. The molecule has 6 heteroatoms. The Labute approximate surface area is 159 Å². The maximum absolute atomic E-state index is 12.4. The Morgan fingerprint density at radius 1 is 1.12 bits per heavy atom. The molecule has 0 saturated heterocycles. The number of amides is 2. The second kappa shape index (κ2) is 9.34. The Morgan fingerprint density at radius 2 is 1.77 bits per heavy atom. The first kappa shape index (κ1) is 19.9. The molecule has 2 aromatic carbocycles. The van der Waals surface area contributed by atoms with Crippen molar-refractivity contribution in [1.29, 1.82) is 0 Å². The number of benzene rings is 2. The van der Waals surface area contributed by atoms with Gasteiger partial charge in [-0.05, 0) is 48.7 Å². The lowest BCUT2D eigenvalue weighted by Gasteiger charge is -2.25. The largest absolute Gasteiger partial charge is 0.493 e. The molecule has 1 N–H and O–H groups in total. The van der Waals surface area contributed by atoms with Crippen LogP contribution in [0.1, 0.15) is 24.1 Å². The fourth-order valence-corrected chi connectivity index (χ4v) is 2.74. The second-order valence-corrected chi connectivity index (χ2v) is 6.45. The smallest absolute Gasteiger partial charge is 0.317 e. The van der Waals surface area contributed by atoms with Crippen LogP contribution >= 0.6 is 11.6 Å². The van der Waals surface area contributed by atoms with Crippen LogP contribution in [-0.4, -0.2) is 38.7 Å². The lowest BCUT2D eigenvalue weighted by Crippen LogP contribution is -2.39. The molecule has 0 aromatic heterocycles. The maximum atomic E-state index is 12.4. The highest BCUT2D eigenvalue weighted by atomic mass is 35.5. The summed E-state index contributed by atoms with van der Waals surface area (Å²) in [7, 11) is 5.00. The van der Waals surface area contributed by atoms with E-state index in [1.165, 1.54) is 0 Å². The van der Waals surface area contributed by atoms with E-state index in [0.717, 1.165) is 11.1 Å². The highest BCUT2D eigenvalue weighted by Gasteiger charge is 2.17. The van der Waals surface area contributed by atoms with E-state index in [1.54, 1.807) is 26.2 Å². The van der Waals surface area contributed by atoms with Crippen molar-refractivity contribution >= 4 is 17.6 Å². The highest BCUT2D eigenvalue weighted by Crippen LogP contribution is 2.27. The van der Waals surface area contributed by atoms with Gasteiger partial charge in [-0.1, -0.05) is 29.8 Å². The Balaban J connectivity index is 1.88. The van der Waals surface area contributed by atoms with Crippen molar-refractivity contribution in [2.24, 2.45) is 0 Å². The van der Waals surface area contributed by atoms with E-state index in [-0.39, 0.29) is 12.1 Å². The number of carbonyl (C=O) groups is 1. The zero-order chi connectivity index (χ0) is 19.1. The molecule has 1 unspecified atom stereocenters. The summed E-state index contributed by atoms with van der Waals surface area (Å²) in [5.41, 5.74) is 2.10. The second-order valence-electron chi connectivity index (χ2n) is 6.01. The topological polar surface area (TPSA) is 50.8 Å². The summed E-state index contributed by atoms with van der Waals surface area (Å²) >= 11 is 5.92. The van der Waals surface area contributed by atoms with Gasteiger partial charge in [0, 0.05) is 18.6 Å².